The van der Waals surface area contributed by atoms with E-state index >= 15 is 0 Å². The zero-order valence-electron chi connectivity index (χ0n) is 23.5. The second-order valence-electron chi connectivity index (χ2n) is 7.65. The van der Waals surface area contributed by atoms with Crippen LogP contribution < -0.4 is 9.47 Å². The predicted molar refractivity (Wildman–Crippen MR) is 159 cm³/mol. The Labute approximate surface area is 260 Å². The number of hydrogen-bond acceptors (Lipinski definition) is 8. The van der Waals surface area contributed by atoms with E-state index < -0.39 is 30.9 Å². The number of benzene rings is 2. The summed E-state index contributed by atoms with van der Waals surface area (Å²) in [7, 11) is 12.6. The van der Waals surface area contributed by atoms with Crippen LogP contribution in [0.1, 0.15) is 27.7 Å². The molecule has 0 fully saturated rings. The van der Waals surface area contributed by atoms with Crippen LogP contribution in [0.5, 0.6) is 11.5 Å². The Balaban J connectivity index is 0.000000671. The number of methoxy groups -OCH3 is 2. The molecule has 0 aliphatic carbocycles. The van der Waals surface area contributed by atoms with E-state index in [1.165, 1.54) is 59.2 Å². The fourth-order valence-electron chi connectivity index (χ4n) is 3.24. The van der Waals surface area contributed by atoms with Crippen molar-refractivity contribution in [3.63, 3.8) is 0 Å². The van der Waals surface area contributed by atoms with Crippen LogP contribution in [0.2, 0.25) is 0 Å². The summed E-state index contributed by atoms with van der Waals surface area (Å²) in [6.45, 7) is 8.60. The summed E-state index contributed by atoms with van der Waals surface area (Å²) in [5.41, 5.74) is 0.177. The van der Waals surface area contributed by atoms with Crippen molar-refractivity contribution in [1.29, 1.82) is 10.8 Å². The summed E-state index contributed by atoms with van der Waals surface area (Å²) in [4.78, 5) is 6.20. The monoisotopic (exact) mass is 744 g/mol. The molecule has 0 spiro atoms. The number of diazo groups is 2. The molecule has 0 amide bonds. The molecule has 0 N–H and O–H groups in total. The number of halogens is 4. The molecule has 2 aromatic carbocycles. The van der Waals surface area contributed by atoms with Crippen molar-refractivity contribution in [3.8, 4) is 11.5 Å². The molecule has 0 saturated carbocycles. The van der Waals surface area contributed by atoms with Gasteiger partial charge in [-0.25, -0.2) is 16.8 Å². The molecule has 0 atom stereocenters. The standard InChI is InChI=1S/2C11H16N3O3S.4ClH.Zn/c2*1-4-14(5-2)18(15,16)9-6-7-11(17-3)10(8-9)13-12;;;;;/h2*6-8H,4-5H2,1-3H3;4*1H;/q2*+1;;;;;+2/p-4. The number of ether oxygens (including phenoxy) is 2. The van der Waals surface area contributed by atoms with Crippen LogP contribution in [0.3, 0.4) is 0 Å². The van der Waals surface area contributed by atoms with Gasteiger partial charge in [-0.05, 0) is 24.3 Å². The SMILES string of the molecule is CCN(CC)S(=O)(=O)c1ccc(OC)c([N+]#N)c1.CCN(CC)S(=O)(=O)c1ccc(OC)c([N+]#N)c1.[Cl][Zn-2]([Cl])([Cl])[Cl]. The van der Waals surface area contributed by atoms with Crippen molar-refractivity contribution < 1.29 is 37.1 Å². The maximum absolute atomic E-state index is 12.2. The van der Waals surface area contributed by atoms with E-state index in [9.17, 15) is 16.8 Å². The number of nitrogens with zero attached hydrogens (tertiary/aromatic N) is 6. The second kappa shape index (κ2) is 18.2. The molecule has 0 radical (unpaired) electrons. The second-order valence-corrected chi connectivity index (χ2v) is 39.3. The van der Waals surface area contributed by atoms with Crippen LogP contribution in [0.15, 0.2) is 46.2 Å². The number of sulfonamides is 2. The van der Waals surface area contributed by atoms with E-state index in [1.54, 1.807) is 27.7 Å². The minimum absolute atomic E-state index is 0.0831. The van der Waals surface area contributed by atoms with Gasteiger partial charge in [-0.2, -0.15) is 8.61 Å². The van der Waals surface area contributed by atoms with Crippen molar-refractivity contribution in [1.82, 2.24) is 8.61 Å². The van der Waals surface area contributed by atoms with Gasteiger partial charge in [0.1, 0.15) is 0 Å². The van der Waals surface area contributed by atoms with Crippen molar-refractivity contribution >= 4 is 70.2 Å². The van der Waals surface area contributed by atoms with E-state index in [0.29, 0.717) is 37.7 Å². The zero-order chi connectivity index (χ0) is 32.0. The van der Waals surface area contributed by atoms with E-state index in [-0.39, 0.29) is 21.2 Å². The van der Waals surface area contributed by atoms with Crippen molar-refractivity contribution in [2.24, 2.45) is 0 Å². The molecule has 41 heavy (non-hydrogen) atoms. The van der Waals surface area contributed by atoms with Crippen molar-refractivity contribution in [2.45, 2.75) is 37.5 Å². The summed E-state index contributed by atoms with van der Waals surface area (Å²) < 4.78 is 61.5. The van der Waals surface area contributed by atoms with Gasteiger partial charge in [0, 0.05) is 26.2 Å². The number of rotatable bonds is 10. The van der Waals surface area contributed by atoms with Gasteiger partial charge in [-0.15, -0.1) is 0 Å². The van der Waals surface area contributed by atoms with Gasteiger partial charge in [0.25, 0.3) is 0 Å². The predicted octanol–water partition coefficient (Wildman–Crippen LogP) is 7.18. The molecule has 0 aromatic heterocycles. The Bertz CT molecular complexity index is 1330. The molecule has 12 nitrogen and oxygen atoms in total. The molecule has 0 bridgehead atoms. The Hall–Kier alpha value is -1.52. The van der Waals surface area contributed by atoms with Crippen LogP contribution in [0, 0.1) is 10.8 Å². The Morgan fingerprint density at radius 1 is 0.683 bits per heavy atom. The molecule has 0 heterocycles. The third-order valence-electron chi connectivity index (χ3n) is 5.20. The van der Waals surface area contributed by atoms with Gasteiger partial charge >= 0.3 is 61.0 Å². The molecule has 19 heteroatoms. The first kappa shape index (κ1) is 39.5. The third kappa shape index (κ3) is 12.3. The molecule has 2 aromatic rings. The average molecular weight is 748 g/mol. The van der Waals surface area contributed by atoms with Gasteiger partial charge in [-0.1, -0.05) is 27.7 Å². The minimum atomic E-state index is -3.55. The van der Waals surface area contributed by atoms with Gasteiger partial charge in [-0.3, -0.25) is 0 Å². The molecule has 0 aliphatic heterocycles. The molecule has 2 rings (SSSR count). The molecular weight excluding hydrogens is 716 g/mol. The Morgan fingerprint density at radius 3 is 1.15 bits per heavy atom. The van der Waals surface area contributed by atoms with Crippen LogP contribution in [-0.2, 0) is 30.9 Å². The maximum atomic E-state index is 12.2. The first-order chi connectivity index (χ1) is 19.0. The average Bonchev–Trinajstić information content (AvgIpc) is 2.92. The fraction of sp³-hybridized carbons (Fsp3) is 0.455. The van der Waals surface area contributed by atoms with Crippen LogP contribution in [-0.4, -0.2) is 65.8 Å². The first-order valence-electron chi connectivity index (χ1n) is 12.2. The Kier molecular flexibility index (Phi) is 17.5. The van der Waals surface area contributed by atoms with Crippen molar-refractivity contribution in [3.05, 3.63) is 46.4 Å². The molecule has 0 saturated heterocycles. The first-order valence-corrected chi connectivity index (χ1v) is 30.6. The summed E-state index contributed by atoms with van der Waals surface area (Å²) in [6.07, 6.45) is 0. The van der Waals surface area contributed by atoms with Gasteiger partial charge < -0.3 is 9.47 Å². The topological polar surface area (TPSA) is 150 Å². The molecule has 0 unspecified atom stereocenters. The number of hydrogen-bond donors (Lipinski definition) is 0. The van der Waals surface area contributed by atoms with Crippen LogP contribution in [0.4, 0.5) is 11.4 Å². The summed E-state index contributed by atoms with van der Waals surface area (Å²) in [5.74, 6) is 0.631. The molecular formula is C22H32Cl4N6O6S2Zn. The molecule has 228 valence electrons. The fourth-order valence-corrected chi connectivity index (χ4v) is 6.20. The van der Waals surface area contributed by atoms with Gasteiger partial charge in [0.15, 0.2) is 9.95 Å². The third-order valence-corrected chi connectivity index (χ3v) is 9.29. The quantitative estimate of drug-likeness (QED) is 0.183. The summed E-state index contributed by atoms with van der Waals surface area (Å²) >= 11 is 0. The van der Waals surface area contributed by atoms with E-state index in [1.807, 2.05) is 0 Å². The normalized spacial score (nSPS) is 11.4. The van der Waals surface area contributed by atoms with E-state index in [0.717, 1.165) is 0 Å². The van der Waals surface area contributed by atoms with Gasteiger partial charge in [0.05, 0.1) is 36.1 Å². The summed E-state index contributed by atoms with van der Waals surface area (Å²) in [5, 5.41) is 17.7. The molecule has 0 aliphatic rings. The van der Waals surface area contributed by atoms with Crippen LogP contribution >= 0.6 is 38.8 Å². The summed E-state index contributed by atoms with van der Waals surface area (Å²) in [6, 6.07) is 8.36. The zero-order valence-corrected chi connectivity index (χ0v) is 31.1. The van der Waals surface area contributed by atoms with Crippen LogP contribution in [0.25, 0.3) is 9.95 Å². The van der Waals surface area contributed by atoms with E-state index in [2.05, 4.69) is 9.95 Å². The Morgan fingerprint density at radius 2 is 0.951 bits per heavy atom. The van der Waals surface area contributed by atoms with E-state index in [4.69, 9.17) is 59.0 Å². The van der Waals surface area contributed by atoms with Crippen molar-refractivity contribution in [2.75, 3.05) is 40.4 Å². The van der Waals surface area contributed by atoms with Gasteiger partial charge in [0.2, 0.25) is 42.3 Å².